The van der Waals surface area contributed by atoms with Crippen molar-refractivity contribution in [1.82, 2.24) is 5.16 Å². The van der Waals surface area contributed by atoms with Gasteiger partial charge in [0.2, 0.25) is 0 Å². The third-order valence-corrected chi connectivity index (χ3v) is 1.74. The number of amides is 1. The molecule has 1 aliphatic carbocycles. The molecule has 1 saturated carbocycles. The number of rotatable bonds is 2. The van der Waals surface area contributed by atoms with Crippen molar-refractivity contribution in [2.24, 2.45) is 0 Å². The van der Waals surface area contributed by atoms with Crippen LogP contribution in [-0.2, 0) is 0 Å². The average molecular weight is 168 g/mol. The zero-order chi connectivity index (χ0) is 8.55. The van der Waals surface area contributed by atoms with Gasteiger partial charge in [0.05, 0.1) is 0 Å². The molecule has 1 amide bonds. The van der Waals surface area contributed by atoms with E-state index in [0.29, 0.717) is 5.92 Å². The maximum Gasteiger partial charge on any atom is 0.410 e. The smallest absolute Gasteiger partial charge is 0.410 e. The maximum absolute atomic E-state index is 10.2. The standard InChI is InChI=1S/C7H8N2O3/c10-7(11)8-6-3-5(12-9-6)4-1-2-4/h3-4H,1-2H2,(H,8,9)(H,10,11). The van der Waals surface area contributed by atoms with Gasteiger partial charge in [0.15, 0.2) is 5.82 Å². The third kappa shape index (κ3) is 1.39. The monoisotopic (exact) mass is 168 g/mol. The van der Waals surface area contributed by atoms with E-state index in [0.717, 1.165) is 18.6 Å². The topological polar surface area (TPSA) is 75.4 Å². The van der Waals surface area contributed by atoms with Crippen molar-refractivity contribution in [3.8, 4) is 0 Å². The predicted octanol–water partition coefficient (Wildman–Crippen LogP) is 1.64. The summed E-state index contributed by atoms with van der Waals surface area (Å²) in [4.78, 5) is 10.2. The summed E-state index contributed by atoms with van der Waals surface area (Å²) in [5.74, 6) is 1.50. The number of nitrogens with one attached hydrogen (secondary N) is 1. The zero-order valence-electron chi connectivity index (χ0n) is 6.28. The van der Waals surface area contributed by atoms with Gasteiger partial charge >= 0.3 is 6.09 Å². The maximum atomic E-state index is 10.2. The molecule has 5 heteroatoms. The molecular formula is C7H8N2O3. The number of hydrogen-bond donors (Lipinski definition) is 2. The fourth-order valence-corrected chi connectivity index (χ4v) is 1.02. The SMILES string of the molecule is O=C(O)Nc1cc(C2CC2)on1. The third-order valence-electron chi connectivity index (χ3n) is 1.74. The van der Waals surface area contributed by atoms with Gasteiger partial charge in [-0.05, 0) is 12.8 Å². The summed E-state index contributed by atoms with van der Waals surface area (Å²) in [6, 6.07) is 1.63. The molecule has 0 aromatic carbocycles. The summed E-state index contributed by atoms with van der Waals surface area (Å²) >= 11 is 0. The quantitative estimate of drug-likeness (QED) is 0.703. The van der Waals surface area contributed by atoms with Crippen LogP contribution in [0.5, 0.6) is 0 Å². The van der Waals surface area contributed by atoms with Crippen LogP contribution in [0.3, 0.4) is 0 Å². The Kier molecular flexibility index (Phi) is 1.49. The summed E-state index contributed by atoms with van der Waals surface area (Å²) in [6.45, 7) is 0. The lowest BCUT2D eigenvalue weighted by Crippen LogP contribution is -2.06. The van der Waals surface area contributed by atoms with Crippen LogP contribution >= 0.6 is 0 Å². The number of carboxylic acid groups (broad SMARTS) is 1. The van der Waals surface area contributed by atoms with Crippen molar-refractivity contribution >= 4 is 11.9 Å². The minimum Gasteiger partial charge on any atom is -0.465 e. The van der Waals surface area contributed by atoms with E-state index in [1.54, 1.807) is 6.07 Å². The Morgan fingerprint density at radius 3 is 3.08 bits per heavy atom. The molecule has 2 N–H and O–H groups in total. The number of nitrogens with zero attached hydrogens (tertiary/aromatic N) is 1. The van der Waals surface area contributed by atoms with E-state index in [2.05, 4.69) is 10.5 Å². The second-order valence-corrected chi connectivity index (χ2v) is 2.82. The molecule has 1 aromatic heterocycles. The zero-order valence-corrected chi connectivity index (χ0v) is 6.28. The van der Waals surface area contributed by atoms with Crippen molar-refractivity contribution in [3.05, 3.63) is 11.8 Å². The molecule has 0 saturated heterocycles. The van der Waals surface area contributed by atoms with Gasteiger partial charge in [-0.15, -0.1) is 0 Å². The number of aromatic nitrogens is 1. The van der Waals surface area contributed by atoms with Crippen molar-refractivity contribution in [1.29, 1.82) is 0 Å². The van der Waals surface area contributed by atoms with Crippen LogP contribution < -0.4 is 5.32 Å². The molecular weight excluding hydrogens is 160 g/mol. The van der Waals surface area contributed by atoms with Gasteiger partial charge in [-0.3, -0.25) is 5.32 Å². The molecule has 2 rings (SSSR count). The van der Waals surface area contributed by atoms with Crippen molar-refractivity contribution in [2.45, 2.75) is 18.8 Å². The van der Waals surface area contributed by atoms with E-state index >= 15 is 0 Å². The van der Waals surface area contributed by atoms with Crippen LogP contribution in [0.4, 0.5) is 10.6 Å². The Morgan fingerprint density at radius 2 is 2.50 bits per heavy atom. The number of anilines is 1. The van der Waals surface area contributed by atoms with Gasteiger partial charge in [-0.25, -0.2) is 4.79 Å². The van der Waals surface area contributed by atoms with E-state index in [4.69, 9.17) is 9.63 Å². The van der Waals surface area contributed by atoms with Crippen LogP contribution in [0.1, 0.15) is 24.5 Å². The van der Waals surface area contributed by atoms with E-state index < -0.39 is 6.09 Å². The lowest BCUT2D eigenvalue weighted by atomic mass is 10.3. The highest BCUT2D eigenvalue weighted by molar-refractivity contribution is 5.81. The lowest BCUT2D eigenvalue weighted by molar-refractivity contribution is 0.209. The lowest BCUT2D eigenvalue weighted by Gasteiger charge is -1.88. The molecule has 1 fully saturated rings. The molecule has 0 atom stereocenters. The molecule has 0 unspecified atom stereocenters. The molecule has 0 spiro atoms. The minimum absolute atomic E-state index is 0.268. The van der Waals surface area contributed by atoms with Crippen LogP contribution in [0.25, 0.3) is 0 Å². The summed E-state index contributed by atoms with van der Waals surface area (Å²) < 4.78 is 4.91. The minimum atomic E-state index is -1.12. The Labute approximate surface area is 68.4 Å². The van der Waals surface area contributed by atoms with Gasteiger partial charge in [0, 0.05) is 12.0 Å². The molecule has 0 aliphatic heterocycles. The van der Waals surface area contributed by atoms with Crippen molar-refractivity contribution in [3.63, 3.8) is 0 Å². The largest absolute Gasteiger partial charge is 0.465 e. The number of carbonyl (C=O) groups is 1. The summed E-state index contributed by atoms with van der Waals surface area (Å²) in [5, 5.41) is 14.0. The molecule has 5 nitrogen and oxygen atoms in total. The second-order valence-electron chi connectivity index (χ2n) is 2.82. The first-order valence-corrected chi connectivity index (χ1v) is 3.72. The van der Waals surface area contributed by atoms with Gasteiger partial charge in [-0.2, -0.15) is 0 Å². The fourth-order valence-electron chi connectivity index (χ4n) is 1.02. The van der Waals surface area contributed by atoms with E-state index in [1.165, 1.54) is 0 Å². The number of hydrogen-bond acceptors (Lipinski definition) is 3. The highest BCUT2D eigenvalue weighted by atomic mass is 16.5. The van der Waals surface area contributed by atoms with Crippen LogP contribution in [0.2, 0.25) is 0 Å². The van der Waals surface area contributed by atoms with Crippen molar-refractivity contribution < 1.29 is 14.4 Å². The molecule has 12 heavy (non-hydrogen) atoms. The van der Waals surface area contributed by atoms with Gasteiger partial charge in [-0.1, -0.05) is 5.16 Å². The molecule has 1 aliphatic rings. The summed E-state index contributed by atoms with van der Waals surface area (Å²) in [6.07, 6.45) is 1.11. The van der Waals surface area contributed by atoms with Gasteiger partial charge in [0.25, 0.3) is 0 Å². The Bertz CT molecular complexity index is 303. The summed E-state index contributed by atoms with van der Waals surface area (Å²) in [7, 11) is 0. The van der Waals surface area contributed by atoms with Crippen LogP contribution in [0.15, 0.2) is 10.6 Å². The average Bonchev–Trinajstić information content (AvgIpc) is 2.73. The molecule has 1 heterocycles. The second kappa shape index (κ2) is 2.51. The van der Waals surface area contributed by atoms with E-state index in [1.807, 2.05) is 0 Å². The Hall–Kier alpha value is -1.52. The first-order chi connectivity index (χ1) is 5.75. The van der Waals surface area contributed by atoms with Crippen molar-refractivity contribution in [2.75, 3.05) is 5.32 Å². The molecule has 0 bridgehead atoms. The fraction of sp³-hybridized carbons (Fsp3) is 0.429. The first kappa shape index (κ1) is 7.15. The van der Waals surface area contributed by atoms with Gasteiger partial charge < -0.3 is 9.63 Å². The Morgan fingerprint density at radius 1 is 1.75 bits per heavy atom. The molecule has 0 radical (unpaired) electrons. The highest BCUT2D eigenvalue weighted by Gasteiger charge is 2.27. The van der Waals surface area contributed by atoms with E-state index in [9.17, 15) is 4.79 Å². The van der Waals surface area contributed by atoms with E-state index in [-0.39, 0.29) is 5.82 Å². The van der Waals surface area contributed by atoms with Crippen LogP contribution in [-0.4, -0.2) is 16.4 Å². The summed E-state index contributed by atoms with van der Waals surface area (Å²) in [5.41, 5.74) is 0. The van der Waals surface area contributed by atoms with Crippen LogP contribution in [0, 0.1) is 0 Å². The molecule has 1 aromatic rings. The Balaban J connectivity index is 2.07. The predicted molar refractivity (Wildman–Crippen MR) is 40.1 cm³/mol. The highest BCUT2D eigenvalue weighted by Crippen LogP contribution is 2.40. The molecule has 64 valence electrons. The normalized spacial score (nSPS) is 16.0. The van der Waals surface area contributed by atoms with Gasteiger partial charge in [0.1, 0.15) is 5.76 Å². The first-order valence-electron chi connectivity index (χ1n) is 3.72.